The predicted octanol–water partition coefficient (Wildman–Crippen LogP) is 4.39. The Morgan fingerprint density at radius 2 is 1.56 bits per heavy atom. The van der Waals surface area contributed by atoms with Crippen LogP contribution in [0.4, 0.5) is 0 Å². The van der Waals surface area contributed by atoms with Gasteiger partial charge in [0, 0.05) is 10.0 Å². The lowest BCUT2D eigenvalue weighted by Crippen LogP contribution is -2.41. The Morgan fingerprint density at radius 1 is 0.920 bits per heavy atom. The second kappa shape index (κ2) is 8.78. The molecule has 0 spiro atoms. The number of halogens is 1. The minimum absolute atomic E-state index is 0.337. The summed E-state index contributed by atoms with van der Waals surface area (Å²) in [5.41, 5.74) is 7.10. The van der Waals surface area contributed by atoms with E-state index in [1.165, 1.54) is 23.5 Å². The Hall–Kier alpha value is -1.44. The van der Waals surface area contributed by atoms with Crippen LogP contribution in [0.5, 0.6) is 0 Å². The quantitative estimate of drug-likeness (QED) is 0.700. The van der Waals surface area contributed by atoms with Crippen LogP contribution < -0.4 is 10.9 Å². The molecule has 1 fully saturated rings. The Labute approximate surface area is 163 Å². The molecule has 1 heterocycles. The molecule has 0 bridgehead atoms. The first-order valence-corrected chi connectivity index (χ1v) is 10.7. The van der Waals surface area contributed by atoms with Crippen molar-refractivity contribution < 1.29 is 9.59 Å². The molecule has 0 saturated carbocycles. The zero-order valence-electron chi connectivity index (χ0n) is 13.3. The van der Waals surface area contributed by atoms with Gasteiger partial charge in [-0.05, 0) is 63.7 Å². The molecule has 2 N–H and O–H groups in total. The molecule has 0 unspecified atom stereocenters. The summed E-state index contributed by atoms with van der Waals surface area (Å²) in [5.74, 6) is 1.66. The van der Waals surface area contributed by atoms with Gasteiger partial charge in [0.25, 0.3) is 11.8 Å². The standard InChI is InChI=1S/C18H17BrN2O2S2/c19-15-5-2-1-4-14(15)17(23)21-20-16(22)12-6-8-13(9-7-12)18-24-10-3-11-25-18/h1-2,4-9,18H,3,10-11H2,(H,20,22)(H,21,23). The Bertz CT molecular complexity index is 762. The lowest BCUT2D eigenvalue weighted by molar-refractivity contribution is 0.0846. The van der Waals surface area contributed by atoms with Gasteiger partial charge in [0.15, 0.2) is 0 Å². The Morgan fingerprint density at radius 3 is 2.24 bits per heavy atom. The van der Waals surface area contributed by atoms with E-state index < -0.39 is 0 Å². The van der Waals surface area contributed by atoms with E-state index in [0.29, 0.717) is 20.2 Å². The third-order valence-corrected chi connectivity index (χ3v) is 7.39. The summed E-state index contributed by atoms with van der Waals surface area (Å²) in [5, 5.41) is 0. The summed E-state index contributed by atoms with van der Waals surface area (Å²) < 4.78 is 1.12. The maximum Gasteiger partial charge on any atom is 0.270 e. The topological polar surface area (TPSA) is 58.2 Å². The Kier molecular flexibility index (Phi) is 6.45. The SMILES string of the molecule is O=C(NNC(=O)c1ccccc1Br)c1ccc(C2SCCCS2)cc1. The minimum atomic E-state index is -0.368. The molecule has 2 amide bonds. The number of thioether (sulfide) groups is 2. The van der Waals surface area contributed by atoms with Gasteiger partial charge in [-0.2, -0.15) is 0 Å². The van der Waals surface area contributed by atoms with Crippen molar-refractivity contribution in [1.29, 1.82) is 0 Å². The van der Waals surface area contributed by atoms with Gasteiger partial charge in [0.2, 0.25) is 0 Å². The van der Waals surface area contributed by atoms with Crippen molar-refractivity contribution in [3.8, 4) is 0 Å². The largest absolute Gasteiger partial charge is 0.270 e. The lowest BCUT2D eigenvalue weighted by Gasteiger charge is -2.21. The number of carbonyl (C=O) groups excluding carboxylic acids is 2. The highest BCUT2D eigenvalue weighted by atomic mass is 79.9. The number of amides is 2. The van der Waals surface area contributed by atoms with E-state index in [1.54, 1.807) is 30.3 Å². The average Bonchev–Trinajstić information content (AvgIpc) is 2.67. The van der Waals surface area contributed by atoms with Crippen molar-refractivity contribution >= 4 is 51.3 Å². The maximum absolute atomic E-state index is 12.2. The second-order valence-electron chi connectivity index (χ2n) is 5.44. The van der Waals surface area contributed by atoms with Crippen molar-refractivity contribution in [3.05, 3.63) is 69.7 Å². The predicted molar refractivity (Wildman–Crippen MR) is 108 cm³/mol. The number of carbonyl (C=O) groups is 2. The van der Waals surface area contributed by atoms with E-state index in [1.807, 2.05) is 41.7 Å². The van der Waals surface area contributed by atoms with Crippen LogP contribution in [-0.2, 0) is 0 Å². The first-order valence-electron chi connectivity index (χ1n) is 7.83. The number of benzene rings is 2. The fraction of sp³-hybridized carbons (Fsp3) is 0.222. The third kappa shape index (κ3) is 4.80. The molecule has 3 rings (SSSR count). The van der Waals surface area contributed by atoms with E-state index in [0.717, 1.165) is 0 Å². The fourth-order valence-corrected chi connectivity index (χ4v) is 5.73. The molecule has 1 aliphatic heterocycles. The third-order valence-electron chi connectivity index (χ3n) is 3.68. The van der Waals surface area contributed by atoms with Crippen molar-refractivity contribution in [1.82, 2.24) is 10.9 Å². The molecule has 0 aromatic heterocycles. The van der Waals surface area contributed by atoms with Crippen molar-refractivity contribution in [2.75, 3.05) is 11.5 Å². The number of nitrogens with one attached hydrogen (secondary N) is 2. The summed E-state index contributed by atoms with van der Waals surface area (Å²) in [6.07, 6.45) is 1.25. The van der Waals surface area contributed by atoms with Crippen LogP contribution in [0.25, 0.3) is 0 Å². The fourth-order valence-electron chi connectivity index (χ4n) is 2.37. The highest BCUT2D eigenvalue weighted by Crippen LogP contribution is 2.43. The summed E-state index contributed by atoms with van der Waals surface area (Å²) in [4.78, 5) is 24.3. The van der Waals surface area contributed by atoms with Crippen LogP contribution >= 0.6 is 39.5 Å². The van der Waals surface area contributed by atoms with Gasteiger partial charge in [-0.15, -0.1) is 23.5 Å². The normalized spacial score (nSPS) is 14.8. The number of hydrogen-bond donors (Lipinski definition) is 2. The van der Waals surface area contributed by atoms with Gasteiger partial charge in [0.1, 0.15) is 0 Å². The van der Waals surface area contributed by atoms with Gasteiger partial charge >= 0.3 is 0 Å². The van der Waals surface area contributed by atoms with Gasteiger partial charge in [-0.25, -0.2) is 0 Å². The lowest BCUT2D eigenvalue weighted by atomic mass is 10.1. The average molecular weight is 437 g/mol. The Balaban J connectivity index is 1.58. The zero-order valence-corrected chi connectivity index (χ0v) is 16.5. The molecule has 2 aromatic rings. The van der Waals surface area contributed by atoms with E-state index in [9.17, 15) is 9.59 Å². The van der Waals surface area contributed by atoms with Gasteiger partial charge in [-0.1, -0.05) is 24.3 Å². The molecular formula is C18H17BrN2O2S2. The van der Waals surface area contributed by atoms with Crippen LogP contribution in [0, 0.1) is 0 Å². The molecule has 2 aromatic carbocycles. The highest BCUT2D eigenvalue weighted by Gasteiger charge is 2.17. The molecule has 1 aliphatic rings. The molecule has 130 valence electrons. The van der Waals surface area contributed by atoms with Crippen LogP contribution in [-0.4, -0.2) is 23.3 Å². The molecule has 4 nitrogen and oxygen atoms in total. The highest BCUT2D eigenvalue weighted by molar-refractivity contribution is 9.10. The molecule has 0 aliphatic carbocycles. The second-order valence-corrected chi connectivity index (χ2v) is 9.02. The van der Waals surface area contributed by atoms with Crippen molar-refractivity contribution in [2.24, 2.45) is 0 Å². The molecule has 7 heteroatoms. The van der Waals surface area contributed by atoms with E-state index in [2.05, 4.69) is 26.8 Å². The number of hydrazine groups is 1. The monoisotopic (exact) mass is 436 g/mol. The molecule has 1 saturated heterocycles. The van der Waals surface area contributed by atoms with Gasteiger partial charge < -0.3 is 0 Å². The van der Waals surface area contributed by atoms with Crippen LogP contribution in [0.15, 0.2) is 53.0 Å². The van der Waals surface area contributed by atoms with Gasteiger partial charge in [0.05, 0.1) is 10.1 Å². The molecule has 0 radical (unpaired) electrons. The first kappa shape index (κ1) is 18.4. The van der Waals surface area contributed by atoms with E-state index >= 15 is 0 Å². The summed E-state index contributed by atoms with van der Waals surface area (Å²) in [6.45, 7) is 0. The molecular weight excluding hydrogens is 420 g/mol. The number of hydrogen-bond acceptors (Lipinski definition) is 4. The summed E-state index contributed by atoms with van der Waals surface area (Å²) >= 11 is 7.21. The van der Waals surface area contributed by atoms with Crippen molar-refractivity contribution in [3.63, 3.8) is 0 Å². The van der Waals surface area contributed by atoms with Crippen molar-refractivity contribution in [2.45, 2.75) is 11.0 Å². The van der Waals surface area contributed by atoms with Crippen LogP contribution in [0.2, 0.25) is 0 Å². The smallest absolute Gasteiger partial charge is 0.267 e. The number of rotatable bonds is 3. The minimum Gasteiger partial charge on any atom is -0.267 e. The van der Waals surface area contributed by atoms with E-state index in [4.69, 9.17) is 0 Å². The zero-order chi connectivity index (χ0) is 17.6. The molecule has 0 atom stereocenters. The molecule has 25 heavy (non-hydrogen) atoms. The maximum atomic E-state index is 12.2. The summed E-state index contributed by atoms with van der Waals surface area (Å²) in [6, 6.07) is 14.6. The summed E-state index contributed by atoms with van der Waals surface area (Å²) in [7, 11) is 0. The van der Waals surface area contributed by atoms with Gasteiger partial charge in [-0.3, -0.25) is 20.4 Å². The van der Waals surface area contributed by atoms with Crippen LogP contribution in [0.3, 0.4) is 0 Å². The van der Waals surface area contributed by atoms with E-state index in [-0.39, 0.29) is 11.8 Å². The first-order chi connectivity index (χ1) is 12.1. The van der Waals surface area contributed by atoms with Crippen LogP contribution in [0.1, 0.15) is 37.3 Å².